The van der Waals surface area contributed by atoms with Gasteiger partial charge in [0.25, 0.3) is 5.91 Å². The molecule has 2 aromatic carbocycles. The molecule has 1 saturated carbocycles. The molecule has 7 nitrogen and oxygen atoms in total. The first kappa shape index (κ1) is 28.0. The predicted octanol–water partition coefficient (Wildman–Crippen LogP) is 5.91. The minimum atomic E-state index is -1.38. The number of hydrogen-bond donors (Lipinski definition) is 3. The highest BCUT2D eigenvalue weighted by Crippen LogP contribution is 2.34. The summed E-state index contributed by atoms with van der Waals surface area (Å²) >= 11 is 1.61. The number of carboxylic acids is 1. The van der Waals surface area contributed by atoms with Crippen molar-refractivity contribution in [2.24, 2.45) is 5.92 Å². The Hall–Kier alpha value is -3.07. The Bertz CT molecular complexity index is 1210. The van der Waals surface area contributed by atoms with E-state index in [9.17, 15) is 19.8 Å². The Kier molecular flexibility index (Phi) is 10.0. The number of aliphatic carboxylic acids is 1. The summed E-state index contributed by atoms with van der Waals surface area (Å²) in [7, 11) is 0. The van der Waals surface area contributed by atoms with Crippen molar-refractivity contribution in [3.05, 3.63) is 75.7 Å². The fourth-order valence-electron chi connectivity index (χ4n) is 5.15. The Balaban J connectivity index is 1.55. The standard InChI is InChI=1S/C30H36N2O5S/c1-20-7-5-6-10-23(20)25-15-22(11-13-24(25)29(34)32-26(17-33)30(35)36)18-37-27(28-16-31-19-38-28)14-12-21-8-3-2-4-9-21/h5-7,10-11,13,15-16,19,21,26-27,33H,2-4,8-9,12,14,17-18H2,1H3,(H,32,34)(H,35,36)/t26-,27?/m0/s1. The molecule has 4 rings (SSSR count). The first-order valence-electron chi connectivity index (χ1n) is 13.3. The van der Waals surface area contributed by atoms with Crippen LogP contribution >= 0.6 is 11.3 Å². The average Bonchev–Trinajstić information content (AvgIpc) is 3.47. The van der Waals surface area contributed by atoms with Gasteiger partial charge in [-0.25, -0.2) is 4.79 Å². The van der Waals surface area contributed by atoms with Gasteiger partial charge in [0.1, 0.15) is 0 Å². The van der Waals surface area contributed by atoms with Crippen molar-refractivity contribution in [3.8, 4) is 11.1 Å². The first-order valence-corrected chi connectivity index (χ1v) is 14.2. The van der Waals surface area contributed by atoms with Gasteiger partial charge in [0.05, 0.1) is 29.7 Å². The maximum absolute atomic E-state index is 13.1. The maximum Gasteiger partial charge on any atom is 0.328 e. The van der Waals surface area contributed by atoms with E-state index in [1.54, 1.807) is 17.4 Å². The number of nitrogens with one attached hydrogen (secondary N) is 1. The van der Waals surface area contributed by atoms with E-state index in [2.05, 4.69) is 10.3 Å². The normalized spacial score (nSPS) is 15.6. The molecule has 0 aliphatic heterocycles. The fourth-order valence-corrected chi connectivity index (χ4v) is 5.85. The lowest BCUT2D eigenvalue weighted by atomic mass is 9.85. The van der Waals surface area contributed by atoms with Crippen LogP contribution in [-0.2, 0) is 16.1 Å². The number of hydrogen-bond acceptors (Lipinski definition) is 6. The van der Waals surface area contributed by atoms with Crippen LogP contribution in [0.4, 0.5) is 0 Å². The van der Waals surface area contributed by atoms with Crippen LogP contribution in [-0.4, -0.2) is 39.7 Å². The molecule has 0 radical (unpaired) electrons. The Labute approximate surface area is 227 Å². The molecule has 3 N–H and O–H groups in total. The second-order valence-corrected chi connectivity index (χ2v) is 10.9. The van der Waals surface area contributed by atoms with Crippen molar-refractivity contribution in [2.75, 3.05) is 6.61 Å². The third kappa shape index (κ3) is 7.28. The van der Waals surface area contributed by atoms with Crippen molar-refractivity contribution in [1.82, 2.24) is 10.3 Å². The van der Waals surface area contributed by atoms with E-state index < -0.39 is 24.5 Å². The van der Waals surface area contributed by atoms with Gasteiger partial charge in [0, 0.05) is 11.8 Å². The average molecular weight is 537 g/mol. The molecule has 0 saturated heterocycles. The number of amides is 1. The molecule has 1 unspecified atom stereocenters. The molecule has 2 atom stereocenters. The number of aliphatic hydroxyl groups is 1. The van der Waals surface area contributed by atoms with Gasteiger partial charge < -0.3 is 20.3 Å². The molecular weight excluding hydrogens is 500 g/mol. The number of aromatic nitrogens is 1. The molecule has 38 heavy (non-hydrogen) atoms. The van der Waals surface area contributed by atoms with Crippen LogP contribution in [0.15, 0.2) is 54.2 Å². The maximum atomic E-state index is 13.1. The lowest BCUT2D eigenvalue weighted by molar-refractivity contribution is -0.140. The van der Waals surface area contributed by atoms with E-state index >= 15 is 0 Å². The highest BCUT2D eigenvalue weighted by Gasteiger charge is 2.23. The summed E-state index contributed by atoms with van der Waals surface area (Å²) < 4.78 is 6.46. The number of ether oxygens (including phenoxy) is 1. The molecule has 1 aromatic heterocycles. The van der Waals surface area contributed by atoms with E-state index in [0.717, 1.165) is 40.3 Å². The van der Waals surface area contributed by atoms with Gasteiger partial charge >= 0.3 is 5.97 Å². The Morgan fingerprint density at radius 2 is 1.92 bits per heavy atom. The molecule has 3 aromatic rings. The third-order valence-electron chi connectivity index (χ3n) is 7.33. The van der Waals surface area contributed by atoms with Gasteiger partial charge in [0.2, 0.25) is 0 Å². The summed E-state index contributed by atoms with van der Waals surface area (Å²) in [5.41, 5.74) is 5.67. The van der Waals surface area contributed by atoms with Gasteiger partial charge in [0.15, 0.2) is 6.04 Å². The predicted molar refractivity (Wildman–Crippen MR) is 148 cm³/mol. The van der Waals surface area contributed by atoms with Gasteiger partial charge in [-0.05, 0) is 60.1 Å². The van der Waals surface area contributed by atoms with Crippen molar-refractivity contribution >= 4 is 23.2 Å². The minimum absolute atomic E-state index is 0.0322. The fraction of sp³-hybridized carbons (Fsp3) is 0.433. The zero-order chi connectivity index (χ0) is 26.9. The number of aliphatic hydroxyl groups excluding tert-OH is 1. The molecule has 1 amide bonds. The summed E-state index contributed by atoms with van der Waals surface area (Å²) in [6.07, 6.45) is 10.6. The van der Waals surface area contributed by atoms with E-state index in [4.69, 9.17) is 4.74 Å². The molecule has 1 aliphatic carbocycles. The summed E-state index contributed by atoms with van der Waals surface area (Å²) in [5.74, 6) is -1.07. The van der Waals surface area contributed by atoms with E-state index in [1.807, 2.05) is 55.0 Å². The number of thiazole rings is 1. The summed E-state index contributed by atoms with van der Waals surface area (Å²) in [6.45, 7) is 1.66. The second-order valence-electron chi connectivity index (χ2n) is 10.0. The highest BCUT2D eigenvalue weighted by atomic mass is 32.1. The molecule has 8 heteroatoms. The smallest absolute Gasteiger partial charge is 0.328 e. The topological polar surface area (TPSA) is 109 Å². The van der Waals surface area contributed by atoms with Gasteiger partial charge in [-0.2, -0.15) is 0 Å². The quantitative estimate of drug-likeness (QED) is 0.265. The number of aryl methyl sites for hydroxylation is 1. The SMILES string of the molecule is Cc1ccccc1-c1cc(COC(CCC2CCCCC2)c2cncs2)ccc1C(=O)N[C@@H](CO)C(=O)O. The monoisotopic (exact) mass is 536 g/mol. The zero-order valence-electron chi connectivity index (χ0n) is 21.8. The number of carbonyl (C=O) groups excluding carboxylic acids is 1. The number of nitrogens with zero attached hydrogens (tertiary/aromatic N) is 1. The molecule has 1 heterocycles. The van der Waals surface area contributed by atoms with Gasteiger partial charge in [-0.15, -0.1) is 11.3 Å². The first-order chi connectivity index (χ1) is 18.5. The van der Waals surface area contributed by atoms with Crippen molar-refractivity contribution < 1.29 is 24.5 Å². The van der Waals surface area contributed by atoms with E-state index in [1.165, 1.54) is 32.1 Å². The molecule has 202 valence electrons. The molecule has 0 bridgehead atoms. The van der Waals surface area contributed by atoms with Crippen LogP contribution in [0.1, 0.15) is 77.4 Å². The van der Waals surface area contributed by atoms with E-state index in [0.29, 0.717) is 17.7 Å². The number of carbonyl (C=O) groups is 2. The summed E-state index contributed by atoms with van der Waals surface area (Å²) in [6, 6.07) is 11.9. The second kappa shape index (κ2) is 13.6. The largest absolute Gasteiger partial charge is 0.480 e. The van der Waals surface area contributed by atoms with Crippen LogP contribution in [0.5, 0.6) is 0 Å². The Morgan fingerprint density at radius 1 is 1.13 bits per heavy atom. The molecule has 1 aliphatic rings. The third-order valence-corrected chi connectivity index (χ3v) is 8.20. The highest BCUT2D eigenvalue weighted by molar-refractivity contribution is 7.09. The van der Waals surface area contributed by atoms with Crippen LogP contribution < -0.4 is 5.32 Å². The van der Waals surface area contributed by atoms with Crippen molar-refractivity contribution in [1.29, 1.82) is 0 Å². The van der Waals surface area contributed by atoms with Crippen molar-refractivity contribution in [3.63, 3.8) is 0 Å². The number of carboxylic acid groups (broad SMARTS) is 1. The van der Waals surface area contributed by atoms with E-state index in [-0.39, 0.29) is 6.10 Å². The molecular formula is C30H36N2O5S. The Morgan fingerprint density at radius 3 is 2.61 bits per heavy atom. The van der Waals surface area contributed by atoms with Gasteiger partial charge in [-0.3, -0.25) is 9.78 Å². The minimum Gasteiger partial charge on any atom is -0.480 e. The lowest BCUT2D eigenvalue weighted by Gasteiger charge is -2.24. The molecule has 0 spiro atoms. The summed E-state index contributed by atoms with van der Waals surface area (Å²) in [5, 5.41) is 21.1. The van der Waals surface area contributed by atoms with Crippen LogP contribution in [0, 0.1) is 12.8 Å². The lowest BCUT2D eigenvalue weighted by Crippen LogP contribution is -2.43. The molecule has 1 fully saturated rings. The zero-order valence-corrected chi connectivity index (χ0v) is 22.6. The van der Waals surface area contributed by atoms with Crippen LogP contribution in [0.2, 0.25) is 0 Å². The number of rotatable bonds is 12. The van der Waals surface area contributed by atoms with Gasteiger partial charge in [-0.1, -0.05) is 62.4 Å². The van der Waals surface area contributed by atoms with Crippen LogP contribution in [0.3, 0.4) is 0 Å². The van der Waals surface area contributed by atoms with Crippen molar-refractivity contribution in [2.45, 2.75) is 70.6 Å². The number of benzene rings is 2. The summed E-state index contributed by atoms with van der Waals surface area (Å²) in [4.78, 5) is 29.8. The van der Waals surface area contributed by atoms with Crippen LogP contribution in [0.25, 0.3) is 11.1 Å².